The van der Waals surface area contributed by atoms with Gasteiger partial charge < -0.3 is 5.32 Å². The first-order valence-electron chi connectivity index (χ1n) is 8.19. The van der Waals surface area contributed by atoms with E-state index in [-0.39, 0.29) is 17.5 Å². The standard InChI is InChI=1S/C20H26N2O2/c1-15(17-10-12-18(13-11-17)20(2,3)4)21-19(23)22-24-14-16-8-6-5-7-9-16/h5-13,15H,14H2,1-4H3,(H2,21,22,23). The first-order valence-corrected chi connectivity index (χ1v) is 8.19. The summed E-state index contributed by atoms with van der Waals surface area (Å²) in [5.74, 6) is 0. The minimum absolute atomic E-state index is 0.0978. The molecule has 2 aromatic carbocycles. The Hall–Kier alpha value is -2.33. The summed E-state index contributed by atoms with van der Waals surface area (Å²) in [6, 6.07) is 17.6. The van der Waals surface area contributed by atoms with Gasteiger partial charge in [0.2, 0.25) is 0 Å². The van der Waals surface area contributed by atoms with Crippen LogP contribution in [0.3, 0.4) is 0 Å². The van der Waals surface area contributed by atoms with Crippen LogP contribution in [0.1, 0.15) is 50.4 Å². The fourth-order valence-electron chi connectivity index (χ4n) is 2.34. The molecule has 4 heteroatoms. The van der Waals surface area contributed by atoms with Gasteiger partial charge in [-0.05, 0) is 29.0 Å². The normalized spacial score (nSPS) is 12.5. The molecule has 1 atom stereocenters. The molecule has 0 aliphatic heterocycles. The molecule has 1 unspecified atom stereocenters. The summed E-state index contributed by atoms with van der Waals surface area (Å²) in [5.41, 5.74) is 5.87. The number of carbonyl (C=O) groups excluding carboxylic acids is 1. The number of hydroxylamine groups is 1. The lowest BCUT2D eigenvalue weighted by Gasteiger charge is -2.20. The van der Waals surface area contributed by atoms with Crippen molar-refractivity contribution in [2.24, 2.45) is 0 Å². The van der Waals surface area contributed by atoms with Gasteiger partial charge in [0.25, 0.3) is 0 Å². The number of carbonyl (C=O) groups is 1. The van der Waals surface area contributed by atoms with E-state index in [9.17, 15) is 4.79 Å². The molecule has 2 rings (SSSR count). The second-order valence-corrected chi connectivity index (χ2v) is 6.94. The fraction of sp³-hybridized carbons (Fsp3) is 0.350. The lowest BCUT2D eigenvalue weighted by atomic mass is 9.86. The average molecular weight is 326 g/mol. The van der Waals surface area contributed by atoms with Gasteiger partial charge in [-0.1, -0.05) is 75.4 Å². The molecular weight excluding hydrogens is 300 g/mol. The minimum atomic E-state index is -0.349. The monoisotopic (exact) mass is 326 g/mol. The third-order valence-electron chi connectivity index (χ3n) is 3.87. The van der Waals surface area contributed by atoms with Crippen LogP contribution in [0.4, 0.5) is 4.79 Å². The van der Waals surface area contributed by atoms with Crippen LogP contribution in [0.2, 0.25) is 0 Å². The van der Waals surface area contributed by atoms with Gasteiger partial charge in [0.1, 0.15) is 0 Å². The molecule has 0 fully saturated rings. The van der Waals surface area contributed by atoms with Crippen LogP contribution in [0.5, 0.6) is 0 Å². The third kappa shape index (κ3) is 5.39. The fourth-order valence-corrected chi connectivity index (χ4v) is 2.34. The summed E-state index contributed by atoms with van der Waals surface area (Å²) < 4.78 is 0. The molecule has 2 amide bonds. The van der Waals surface area contributed by atoms with E-state index in [1.54, 1.807) is 0 Å². The van der Waals surface area contributed by atoms with Gasteiger partial charge in [-0.2, -0.15) is 0 Å². The van der Waals surface area contributed by atoms with Crippen LogP contribution < -0.4 is 10.8 Å². The first kappa shape index (κ1) is 18.0. The van der Waals surface area contributed by atoms with Crippen molar-refractivity contribution in [1.82, 2.24) is 10.8 Å². The van der Waals surface area contributed by atoms with Crippen molar-refractivity contribution >= 4 is 6.03 Å². The van der Waals surface area contributed by atoms with Gasteiger partial charge >= 0.3 is 6.03 Å². The predicted octanol–water partition coefficient (Wildman–Crippen LogP) is 4.48. The summed E-state index contributed by atoms with van der Waals surface area (Å²) in [6.07, 6.45) is 0. The zero-order valence-electron chi connectivity index (χ0n) is 14.8. The van der Waals surface area contributed by atoms with Gasteiger partial charge in [0.05, 0.1) is 12.6 Å². The van der Waals surface area contributed by atoms with Crippen LogP contribution in [0.25, 0.3) is 0 Å². The number of hydrogen-bond acceptors (Lipinski definition) is 2. The molecule has 2 aromatic rings. The van der Waals surface area contributed by atoms with Gasteiger partial charge in [-0.25, -0.2) is 10.3 Å². The van der Waals surface area contributed by atoms with Gasteiger partial charge in [-0.15, -0.1) is 0 Å². The summed E-state index contributed by atoms with van der Waals surface area (Å²) in [6.45, 7) is 8.83. The smallest absolute Gasteiger partial charge is 0.330 e. The van der Waals surface area contributed by atoms with Crippen LogP contribution in [-0.2, 0) is 16.9 Å². The Balaban J connectivity index is 1.80. The van der Waals surface area contributed by atoms with Crippen LogP contribution >= 0.6 is 0 Å². The third-order valence-corrected chi connectivity index (χ3v) is 3.87. The molecule has 24 heavy (non-hydrogen) atoms. The highest BCUT2D eigenvalue weighted by molar-refractivity contribution is 5.73. The number of hydrogen-bond donors (Lipinski definition) is 2. The quantitative estimate of drug-likeness (QED) is 0.796. The number of rotatable bonds is 5. The van der Waals surface area contributed by atoms with Crippen LogP contribution in [0, 0.1) is 0 Å². The van der Waals surface area contributed by atoms with Gasteiger partial charge in [-0.3, -0.25) is 4.84 Å². The topological polar surface area (TPSA) is 50.4 Å². The van der Waals surface area contributed by atoms with Crippen molar-refractivity contribution < 1.29 is 9.63 Å². The Kier molecular flexibility index (Phi) is 5.99. The lowest BCUT2D eigenvalue weighted by molar-refractivity contribution is 0.0483. The molecule has 0 aliphatic carbocycles. The summed E-state index contributed by atoms with van der Waals surface area (Å²) in [4.78, 5) is 17.1. The van der Waals surface area contributed by atoms with E-state index >= 15 is 0 Å². The maximum absolute atomic E-state index is 11.9. The number of benzene rings is 2. The number of nitrogens with one attached hydrogen (secondary N) is 2. The van der Waals surface area contributed by atoms with Gasteiger partial charge in [0, 0.05) is 0 Å². The SMILES string of the molecule is CC(NC(=O)NOCc1ccccc1)c1ccc(C(C)(C)C)cc1. The first-order chi connectivity index (χ1) is 11.4. The van der Waals surface area contributed by atoms with E-state index in [1.807, 2.05) is 37.3 Å². The van der Waals surface area contributed by atoms with E-state index in [0.29, 0.717) is 6.61 Å². The van der Waals surface area contributed by atoms with E-state index in [2.05, 4.69) is 55.8 Å². The van der Waals surface area contributed by atoms with E-state index < -0.39 is 0 Å². The summed E-state index contributed by atoms with van der Waals surface area (Å²) in [5, 5.41) is 2.87. The van der Waals surface area contributed by atoms with E-state index in [4.69, 9.17) is 4.84 Å². The number of urea groups is 1. The molecule has 0 radical (unpaired) electrons. The van der Waals surface area contributed by atoms with Crippen molar-refractivity contribution in [1.29, 1.82) is 0 Å². The highest BCUT2D eigenvalue weighted by Gasteiger charge is 2.14. The Labute approximate surface area is 144 Å². The largest absolute Gasteiger partial charge is 0.339 e. The van der Waals surface area contributed by atoms with Crippen molar-refractivity contribution in [3.05, 3.63) is 71.3 Å². The Bertz CT molecular complexity index is 646. The molecule has 0 saturated heterocycles. The maximum Gasteiger partial charge on any atom is 0.339 e. The summed E-state index contributed by atoms with van der Waals surface area (Å²) >= 11 is 0. The van der Waals surface area contributed by atoms with Crippen LogP contribution in [0.15, 0.2) is 54.6 Å². The zero-order valence-corrected chi connectivity index (χ0v) is 14.8. The van der Waals surface area contributed by atoms with Crippen molar-refractivity contribution in [3.8, 4) is 0 Å². The molecule has 0 spiro atoms. The van der Waals surface area contributed by atoms with Gasteiger partial charge in [0.15, 0.2) is 0 Å². The molecule has 0 aliphatic rings. The van der Waals surface area contributed by atoms with E-state index in [0.717, 1.165) is 11.1 Å². The van der Waals surface area contributed by atoms with Crippen molar-refractivity contribution in [3.63, 3.8) is 0 Å². The molecule has 4 nitrogen and oxygen atoms in total. The van der Waals surface area contributed by atoms with E-state index in [1.165, 1.54) is 5.56 Å². The summed E-state index contributed by atoms with van der Waals surface area (Å²) in [7, 11) is 0. The minimum Gasteiger partial charge on any atom is -0.330 e. The highest BCUT2D eigenvalue weighted by atomic mass is 16.7. The predicted molar refractivity (Wildman–Crippen MR) is 96.5 cm³/mol. The highest BCUT2D eigenvalue weighted by Crippen LogP contribution is 2.23. The zero-order chi connectivity index (χ0) is 17.6. The molecule has 0 bridgehead atoms. The lowest BCUT2D eigenvalue weighted by Crippen LogP contribution is -2.36. The van der Waals surface area contributed by atoms with Crippen LogP contribution in [-0.4, -0.2) is 6.03 Å². The second kappa shape index (κ2) is 7.97. The molecule has 0 heterocycles. The van der Waals surface area contributed by atoms with Crippen molar-refractivity contribution in [2.45, 2.75) is 45.8 Å². The second-order valence-electron chi connectivity index (χ2n) is 6.94. The Morgan fingerprint density at radius 2 is 1.67 bits per heavy atom. The number of amides is 2. The van der Waals surface area contributed by atoms with Crippen molar-refractivity contribution in [2.75, 3.05) is 0 Å². The Morgan fingerprint density at radius 1 is 1.04 bits per heavy atom. The molecule has 0 saturated carbocycles. The molecular formula is C20H26N2O2. The molecule has 2 N–H and O–H groups in total. The molecule has 0 aromatic heterocycles. The maximum atomic E-state index is 11.9. The Morgan fingerprint density at radius 3 is 2.25 bits per heavy atom. The average Bonchev–Trinajstić information content (AvgIpc) is 2.55. The molecule has 128 valence electrons.